The molecule has 7 nitrogen and oxygen atoms in total. The van der Waals surface area contributed by atoms with Gasteiger partial charge in [0.2, 0.25) is 0 Å². The zero-order valence-electron chi connectivity index (χ0n) is 19.4. The molecule has 7 heteroatoms. The summed E-state index contributed by atoms with van der Waals surface area (Å²) in [5, 5.41) is 42.5. The highest BCUT2D eigenvalue weighted by Gasteiger charge is 2.59. The summed E-state index contributed by atoms with van der Waals surface area (Å²) >= 11 is 0. The Hall–Kier alpha value is -4.49. The van der Waals surface area contributed by atoms with Gasteiger partial charge in [-0.15, -0.1) is 0 Å². The summed E-state index contributed by atoms with van der Waals surface area (Å²) in [4.78, 5) is 40.3. The van der Waals surface area contributed by atoms with E-state index >= 15 is 0 Å². The lowest BCUT2D eigenvalue weighted by Gasteiger charge is -2.44. The molecular formula is C30H20O7. The van der Waals surface area contributed by atoms with E-state index in [-0.39, 0.29) is 63.9 Å². The van der Waals surface area contributed by atoms with Crippen LogP contribution >= 0.6 is 0 Å². The number of fused-ring (bicyclic) bond motifs is 3. The number of rotatable bonds is 1. The van der Waals surface area contributed by atoms with Crippen LogP contribution in [0.5, 0.6) is 17.2 Å². The van der Waals surface area contributed by atoms with Crippen LogP contribution in [0.15, 0.2) is 60.2 Å². The average Bonchev–Trinajstić information content (AvgIpc) is 3.09. The van der Waals surface area contributed by atoms with Gasteiger partial charge in [0.25, 0.3) is 0 Å². The molecule has 1 spiro atoms. The quantitative estimate of drug-likeness (QED) is 0.405. The fourth-order valence-corrected chi connectivity index (χ4v) is 7.08. The number of phenolic OH excluding ortho intramolecular Hbond substituents is 3. The second-order valence-corrected chi connectivity index (χ2v) is 9.99. The van der Waals surface area contributed by atoms with Crippen molar-refractivity contribution in [3.8, 4) is 17.2 Å². The van der Waals surface area contributed by atoms with Gasteiger partial charge in [-0.1, -0.05) is 30.3 Å². The lowest BCUT2D eigenvalue weighted by Crippen LogP contribution is -2.42. The molecule has 2 atom stereocenters. The van der Waals surface area contributed by atoms with Crippen molar-refractivity contribution in [1.29, 1.82) is 0 Å². The summed E-state index contributed by atoms with van der Waals surface area (Å²) in [5.74, 6) is -2.29. The minimum absolute atomic E-state index is 0.0397. The van der Waals surface area contributed by atoms with Gasteiger partial charge < -0.3 is 20.4 Å². The van der Waals surface area contributed by atoms with Crippen LogP contribution in [0, 0.1) is 5.92 Å². The van der Waals surface area contributed by atoms with Crippen LogP contribution in [-0.4, -0.2) is 44.4 Å². The van der Waals surface area contributed by atoms with Crippen molar-refractivity contribution in [2.45, 2.75) is 18.3 Å². The maximum atomic E-state index is 13.6. The Labute approximate surface area is 210 Å². The van der Waals surface area contributed by atoms with Gasteiger partial charge in [0, 0.05) is 24.0 Å². The Morgan fingerprint density at radius 1 is 0.730 bits per heavy atom. The Morgan fingerprint density at radius 2 is 1.35 bits per heavy atom. The van der Waals surface area contributed by atoms with Crippen molar-refractivity contribution >= 4 is 28.5 Å². The molecule has 0 radical (unpaired) electrons. The second kappa shape index (κ2) is 7.05. The topological polar surface area (TPSA) is 132 Å². The summed E-state index contributed by atoms with van der Waals surface area (Å²) < 4.78 is 0. The molecule has 0 saturated heterocycles. The van der Waals surface area contributed by atoms with Crippen LogP contribution < -0.4 is 0 Å². The Morgan fingerprint density at radius 3 is 2.08 bits per heavy atom. The number of aliphatic hydroxyl groups is 1. The minimum atomic E-state index is -1.13. The van der Waals surface area contributed by atoms with Crippen molar-refractivity contribution in [3.63, 3.8) is 0 Å². The van der Waals surface area contributed by atoms with Gasteiger partial charge in [0.15, 0.2) is 17.3 Å². The van der Waals surface area contributed by atoms with E-state index in [9.17, 15) is 34.8 Å². The molecule has 3 aromatic rings. The first-order valence-corrected chi connectivity index (χ1v) is 12.0. The van der Waals surface area contributed by atoms with E-state index in [0.29, 0.717) is 33.4 Å². The number of Topliss-reactive ketones (excluding diaryl/α,β-unsaturated/α-hetero) is 3. The molecule has 37 heavy (non-hydrogen) atoms. The Kier molecular flexibility index (Phi) is 4.15. The number of allylic oxidation sites excluding steroid dienone is 3. The van der Waals surface area contributed by atoms with Crippen molar-refractivity contribution in [3.05, 3.63) is 99.1 Å². The third kappa shape index (κ3) is 2.42. The molecule has 3 aromatic carbocycles. The average molecular weight is 492 g/mol. The number of hydrogen-bond acceptors (Lipinski definition) is 7. The van der Waals surface area contributed by atoms with Crippen molar-refractivity contribution < 1.29 is 34.8 Å². The molecular weight excluding hydrogens is 472 g/mol. The van der Waals surface area contributed by atoms with E-state index in [4.69, 9.17) is 0 Å². The van der Waals surface area contributed by atoms with Gasteiger partial charge in [-0.3, -0.25) is 14.4 Å². The summed E-state index contributed by atoms with van der Waals surface area (Å²) in [5.41, 5.74) is 2.52. The van der Waals surface area contributed by atoms with Crippen LogP contribution in [0.4, 0.5) is 0 Å². The third-order valence-electron chi connectivity index (χ3n) is 8.36. The zero-order valence-corrected chi connectivity index (χ0v) is 19.4. The molecule has 0 amide bonds. The van der Waals surface area contributed by atoms with Crippen LogP contribution in [0.25, 0.3) is 11.1 Å². The molecule has 0 aliphatic heterocycles. The smallest absolute Gasteiger partial charge is 0.195 e. The molecule has 0 heterocycles. The van der Waals surface area contributed by atoms with Gasteiger partial charge in [0.05, 0.1) is 28.7 Å². The molecule has 0 bridgehead atoms. The number of carbonyl (C=O) groups is 3. The first kappa shape index (κ1) is 21.8. The number of benzene rings is 3. The van der Waals surface area contributed by atoms with Crippen LogP contribution in [0.1, 0.15) is 66.2 Å². The van der Waals surface area contributed by atoms with Gasteiger partial charge >= 0.3 is 0 Å². The number of aromatic hydroxyl groups is 3. The fraction of sp³-hybridized carbons (Fsp3) is 0.167. The van der Waals surface area contributed by atoms with Gasteiger partial charge in [-0.2, -0.15) is 0 Å². The van der Waals surface area contributed by atoms with Gasteiger partial charge in [-0.05, 0) is 58.0 Å². The van der Waals surface area contributed by atoms with E-state index < -0.39 is 23.7 Å². The number of phenols is 3. The van der Waals surface area contributed by atoms with Crippen LogP contribution in [-0.2, 0) is 5.41 Å². The van der Waals surface area contributed by atoms with Crippen molar-refractivity contribution in [2.75, 3.05) is 6.61 Å². The lowest BCUT2D eigenvalue weighted by atomic mass is 9.56. The van der Waals surface area contributed by atoms with Crippen LogP contribution in [0.2, 0.25) is 0 Å². The zero-order chi connectivity index (χ0) is 25.8. The summed E-state index contributed by atoms with van der Waals surface area (Å²) in [6.07, 6.45) is 1.49. The predicted octanol–water partition coefficient (Wildman–Crippen LogP) is 3.92. The van der Waals surface area contributed by atoms with E-state index in [1.807, 2.05) is 0 Å². The molecule has 7 rings (SSSR count). The molecule has 4 aliphatic rings. The highest BCUT2D eigenvalue weighted by atomic mass is 16.3. The maximum Gasteiger partial charge on any atom is 0.195 e. The molecule has 2 unspecified atom stereocenters. The third-order valence-corrected chi connectivity index (χ3v) is 8.36. The number of carbonyl (C=O) groups excluding carboxylic acids is 3. The lowest BCUT2D eigenvalue weighted by molar-refractivity contribution is 0.0883. The molecule has 0 fully saturated rings. The number of ketones is 3. The molecule has 0 aromatic heterocycles. The van der Waals surface area contributed by atoms with Crippen molar-refractivity contribution in [1.82, 2.24) is 0 Å². The normalized spacial score (nSPS) is 23.0. The van der Waals surface area contributed by atoms with E-state index in [0.717, 1.165) is 0 Å². The molecule has 4 N–H and O–H groups in total. The summed E-state index contributed by atoms with van der Waals surface area (Å²) in [6, 6.07) is 12.8. The highest BCUT2D eigenvalue weighted by Crippen LogP contribution is 2.66. The molecule has 4 aliphatic carbocycles. The Bertz CT molecular complexity index is 1710. The van der Waals surface area contributed by atoms with E-state index in [1.54, 1.807) is 36.4 Å². The second-order valence-electron chi connectivity index (χ2n) is 9.99. The largest absolute Gasteiger partial charge is 0.507 e. The first-order valence-electron chi connectivity index (χ1n) is 12.0. The number of hydrogen-bond donors (Lipinski definition) is 4. The molecule has 182 valence electrons. The summed E-state index contributed by atoms with van der Waals surface area (Å²) in [6.45, 7) is -0.559. The fourth-order valence-electron chi connectivity index (χ4n) is 7.08. The maximum absolute atomic E-state index is 13.6. The Balaban J connectivity index is 1.77. The standard InChI is InChI=1S/C30H20O7/c31-12-13-9-16-24-18(7-8-21(34)27(24)29(13)37)30-14(11-23(36)26-17(30)4-2-6-20(26)33)10-22(35)25-15(28(16)30)3-1-5-19(25)32/h1-9,14,31-34H,10-12H2. The molecule has 0 saturated carbocycles. The number of aliphatic hydroxyl groups excluding tert-OH is 1. The SMILES string of the molecule is O=C1CC2CC(=O)c3c(O)cccc3C23C(=C2C=C(CO)C(=O)c4c(O)ccc3c42)c2cccc(O)c21. The first-order chi connectivity index (χ1) is 17.8. The van der Waals surface area contributed by atoms with E-state index in [1.165, 1.54) is 18.2 Å². The minimum Gasteiger partial charge on any atom is -0.507 e. The van der Waals surface area contributed by atoms with E-state index in [2.05, 4.69) is 0 Å². The van der Waals surface area contributed by atoms with Gasteiger partial charge in [0.1, 0.15) is 17.2 Å². The summed E-state index contributed by atoms with van der Waals surface area (Å²) in [7, 11) is 0. The highest BCUT2D eigenvalue weighted by molar-refractivity contribution is 6.25. The predicted molar refractivity (Wildman–Crippen MR) is 133 cm³/mol. The van der Waals surface area contributed by atoms with Crippen molar-refractivity contribution in [2.24, 2.45) is 5.92 Å². The van der Waals surface area contributed by atoms with Gasteiger partial charge in [-0.25, -0.2) is 0 Å². The van der Waals surface area contributed by atoms with Crippen LogP contribution in [0.3, 0.4) is 0 Å². The monoisotopic (exact) mass is 492 g/mol.